The van der Waals surface area contributed by atoms with Crippen molar-refractivity contribution in [3.8, 4) is 0 Å². The summed E-state index contributed by atoms with van der Waals surface area (Å²) in [4.78, 5) is 32.8. The Kier molecular flexibility index (Phi) is 8.51. The molecule has 0 aliphatic rings. The van der Waals surface area contributed by atoms with Crippen molar-refractivity contribution in [2.75, 3.05) is 0 Å². The van der Waals surface area contributed by atoms with Crippen molar-refractivity contribution in [2.45, 2.75) is 64.5 Å². The van der Waals surface area contributed by atoms with Crippen LogP contribution in [0.2, 0.25) is 0 Å². The minimum atomic E-state index is -0.480. The Bertz CT molecular complexity index is 1190. The summed E-state index contributed by atoms with van der Waals surface area (Å²) in [6.07, 6.45) is 10.9. The Labute approximate surface area is 228 Å². The molecule has 4 aromatic heterocycles. The van der Waals surface area contributed by atoms with Crippen molar-refractivity contribution < 1.29 is 4.79 Å². The van der Waals surface area contributed by atoms with Crippen molar-refractivity contribution in [1.82, 2.24) is 29.1 Å². The summed E-state index contributed by atoms with van der Waals surface area (Å²) in [5.41, 5.74) is 1.45. The van der Waals surface area contributed by atoms with E-state index in [0.717, 1.165) is 32.0 Å². The average Bonchev–Trinajstić information content (AvgIpc) is 3.51. The van der Waals surface area contributed by atoms with Crippen LogP contribution in [0.15, 0.2) is 70.4 Å². The Balaban J connectivity index is 1.78. The van der Waals surface area contributed by atoms with Gasteiger partial charge in [0, 0.05) is 71.1 Å². The summed E-state index contributed by atoms with van der Waals surface area (Å²) in [5.74, 6) is 1.46. The van der Waals surface area contributed by atoms with Gasteiger partial charge in [0.05, 0.1) is 23.2 Å². The molecule has 0 aliphatic heterocycles. The molecule has 0 spiro atoms. The summed E-state index contributed by atoms with van der Waals surface area (Å²) < 4.78 is 5.88. The van der Waals surface area contributed by atoms with Crippen molar-refractivity contribution in [1.29, 1.82) is 0 Å². The molecule has 36 heavy (non-hydrogen) atoms. The molecule has 0 N–H and O–H groups in total. The number of hydrogen-bond donors (Lipinski definition) is 0. The van der Waals surface area contributed by atoms with Gasteiger partial charge in [0.25, 0.3) is 0 Å². The zero-order chi connectivity index (χ0) is 25.8. The third-order valence-corrected chi connectivity index (χ3v) is 7.13. The van der Waals surface area contributed by atoms with Gasteiger partial charge in [-0.1, -0.05) is 27.7 Å². The van der Waals surface area contributed by atoms with Gasteiger partial charge in [0.1, 0.15) is 11.6 Å². The summed E-state index contributed by atoms with van der Waals surface area (Å²) in [6.45, 7) is 9.33. The van der Waals surface area contributed by atoms with Crippen LogP contribution < -0.4 is 0 Å². The molecule has 0 fully saturated rings. The smallest absolute Gasteiger partial charge is 0.154 e. The Hall–Kier alpha value is -2.65. The number of pyridine rings is 2. The topological polar surface area (TPSA) is 78.5 Å². The van der Waals surface area contributed by atoms with Crippen LogP contribution >= 0.6 is 31.9 Å². The zero-order valence-electron chi connectivity index (χ0n) is 20.8. The second kappa shape index (κ2) is 11.6. The van der Waals surface area contributed by atoms with E-state index in [-0.39, 0.29) is 17.6 Å². The highest BCUT2D eigenvalue weighted by Gasteiger charge is 2.33. The van der Waals surface area contributed by atoms with E-state index >= 15 is 0 Å². The molecule has 9 heteroatoms. The van der Waals surface area contributed by atoms with Gasteiger partial charge in [-0.15, -0.1) is 0 Å². The molecule has 2 unspecified atom stereocenters. The summed E-state index contributed by atoms with van der Waals surface area (Å²) in [5, 5.41) is 0. The summed E-state index contributed by atoms with van der Waals surface area (Å²) in [7, 11) is 0. The first-order valence-electron chi connectivity index (χ1n) is 12.0. The first-order valence-corrected chi connectivity index (χ1v) is 13.6. The fourth-order valence-corrected chi connectivity index (χ4v) is 4.90. The highest BCUT2D eigenvalue weighted by molar-refractivity contribution is 9.10. The number of ketones is 1. The van der Waals surface area contributed by atoms with E-state index in [4.69, 9.17) is 0 Å². The van der Waals surface area contributed by atoms with Gasteiger partial charge in [0.15, 0.2) is 5.78 Å². The molecule has 0 radical (unpaired) electrons. The first kappa shape index (κ1) is 26.4. The summed E-state index contributed by atoms with van der Waals surface area (Å²) >= 11 is 6.94. The number of imidazole rings is 2. The van der Waals surface area contributed by atoms with Gasteiger partial charge in [-0.3, -0.25) is 14.8 Å². The zero-order valence-corrected chi connectivity index (χ0v) is 24.0. The monoisotopic (exact) mass is 612 g/mol. The number of carbonyl (C=O) groups excluding carboxylic acids is 1. The standard InChI is InChI=1S/C27H30Br2N6O/c1-17(2)26-30-9-11-34(26)15-21(23-7-5-19(28)13-32-23)25(36)22(24-8-6-20(29)14-33-24)16-35-12-10-31-27(35)18(3)4/h5-14,17-18,21-22H,15-16H2,1-4H3. The molecule has 4 rings (SSSR count). The van der Waals surface area contributed by atoms with Crippen LogP contribution in [0.25, 0.3) is 0 Å². The largest absolute Gasteiger partial charge is 0.334 e. The molecule has 2 atom stereocenters. The molecule has 0 bridgehead atoms. The molecule has 4 aromatic rings. The molecule has 0 saturated heterocycles. The van der Waals surface area contributed by atoms with E-state index in [1.54, 1.807) is 24.8 Å². The maximum Gasteiger partial charge on any atom is 0.154 e. The van der Waals surface area contributed by atoms with E-state index in [1.165, 1.54) is 0 Å². The highest BCUT2D eigenvalue weighted by Crippen LogP contribution is 2.31. The van der Waals surface area contributed by atoms with Crippen LogP contribution in [0.5, 0.6) is 0 Å². The normalized spacial score (nSPS) is 13.3. The van der Waals surface area contributed by atoms with Crippen LogP contribution in [-0.2, 0) is 17.9 Å². The number of aromatic nitrogens is 6. The summed E-state index contributed by atoms with van der Waals surface area (Å²) in [6, 6.07) is 7.70. The molecular weight excluding hydrogens is 584 g/mol. The van der Waals surface area contributed by atoms with Gasteiger partial charge in [-0.2, -0.15) is 0 Å². The lowest BCUT2D eigenvalue weighted by molar-refractivity contribution is -0.122. The second-order valence-corrected chi connectivity index (χ2v) is 11.3. The van der Waals surface area contributed by atoms with Crippen LogP contribution in [-0.4, -0.2) is 34.9 Å². The molecule has 7 nitrogen and oxygen atoms in total. The highest BCUT2D eigenvalue weighted by atomic mass is 79.9. The molecule has 0 aliphatic carbocycles. The van der Waals surface area contributed by atoms with E-state index in [1.807, 2.05) is 36.7 Å². The van der Waals surface area contributed by atoms with Gasteiger partial charge < -0.3 is 9.13 Å². The Morgan fingerprint density at radius 3 is 1.47 bits per heavy atom. The molecule has 0 amide bonds. The van der Waals surface area contributed by atoms with Gasteiger partial charge in [0.2, 0.25) is 0 Å². The predicted molar refractivity (Wildman–Crippen MR) is 147 cm³/mol. The number of hydrogen-bond acceptors (Lipinski definition) is 5. The van der Waals surface area contributed by atoms with E-state index in [2.05, 4.69) is 88.6 Å². The first-order chi connectivity index (χ1) is 17.2. The lowest BCUT2D eigenvalue weighted by Crippen LogP contribution is -2.29. The van der Waals surface area contributed by atoms with Crippen molar-refractivity contribution in [2.24, 2.45) is 0 Å². The molecule has 0 aromatic carbocycles. The minimum absolute atomic E-state index is 0.0615. The van der Waals surface area contributed by atoms with Crippen LogP contribution in [0.3, 0.4) is 0 Å². The number of halogens is 2. The number of carbonyl (C=O) groups is 1. The van der Waals surface area contributed by atoms with Crippen molar-refractivity contribution >= 4 is 37.6 Å². The van der Waals surface area contributed by atoms with Gasteiger partial charge in [-0.05, 0) is 56.1 Å². The third-order valence-electron chi connectivity index (χ3n) is 6.19. The van der Waals surface area contributed by atoms with Crippen molar-refractivity contribution in [3.05, 3.63) is 93.4 Å². The van der Waals surface area contributed by atoms with E-state index in [9.17, 15) is 4.79 Å². The lowest BCUT2D eigenvalue weighted by Gasteiger charge is -2.25. The minimum Gasteiger partial charge on any atom is -0.334 e. The van der Waals surface area contributed by atoms with E-state index < -0.39 is 11.8 Å². The molecule has 188 valence electrons. The number of rotatable bonds is 10. The predicted octanol–water partition coefficient (Wildman–Crippen LogP) is 6.48. The Morgan fingerprint density at radius 2 is 1.14 bits per heavy atom. The van der Waals surface area contributed by atoms with Gasteiger partial charge >= 0.3 is 0 Å². The number of Topliss-reactive ketones (excluding diaryl/α,β-unsaturated/α-hetero) is 1. The SMILES string of the molecule is CC(C)c1nccn1CC(C(=O)C(Cn1ccnc1C(C)C)c1ccc(Br)cn1)c1ccc(Br)cn1. The van der Waals surface area contributed by atoms with Crippen LogP contribution in [0, 0.1) is 0 Å². The van der Waals surface area contributed by atoms with E-state index in [0.29, 0.717) is 13.1 Å². The third kappa shape index (κ3) is 6.00. The number of nitrogens with zero attached hydrogens (tertiary/aromatic N) is 6. The van der Waals surface area contributed by atoms with Crippen molar-refractivity contribution in [3.63, 3.8) is 0 Å². The molecule has 4 heterocycles. The maximum absolute atomic E-state index is 14.5. The second-order valence-electron chi connectivity index (χ2n) is 9.50. The van der Waals surface area contributed by atoms with Crippen LogP contribution in [0.4, 0.5) is 0 Å². The fourth-order valence-electron chi connectivity index (χ4n) is 4.43. The molecule has 0 saturated carbocycles. The molecular formula is C27H30Br2N6O. The maximum atomic E-state index is 14.5. The van der Waals surface area contributed by atoms with Crippen LogP contribution in [0.1, 0.15) is 74.4 Å². The lowest BCUT2D eigenvalue weighted by atomic mass is 9.87. The Morgan fingerprint density at radius 1 is 0.722 bits per heavy atom. The average molecular weight is 614 g/mol. The van der Waals surface area contributed by atoms with Gasteiger partial charge in [-0.25, -0.2) is 9.97 Å². The quantitative estimate of drug-likeness (QED) is 0.205. The fraction of sp³-hybridized carbons (Fsp3) is 0.370.